The molecule has 32 heavy (non-hydrogen) atoms. The molecule has 0 fully saturated rings. The number of thioether (sulfide) groups is 1. The fraction of sp³-hybridized carbons (Fsp3) is 0.0870. The van der Waals surface area contributed by atoms with Gasteiger partial charge in [0.2, 0.25) is 0 Å². The highest BCUT2D eigenvalue weighted by Gasteiger charge is 2.10. The second-order valence-corrected chi connectivity index (χ2v) is 7.78. The molecule has 0 saturated carbocycles. The number of benzene rings is 2. The third-order valence-corrected chi connectivity index (χ3v) is 5.47. The van der Waals surface area contributed by atoms with Crippen molar-refractivity contribution in [3.63, 3.8) is 0 Å². The van der Waals surface area contributed by atoms with Gasteiger partial charge < -0.3 is 10.6 Å². The van der Waals surface area contributed by atoms with Crippen LogP contribution in [-0.2, 0) is 12.3 Å². The van der Waals surface area contributed by atoms with Crippen LogP contribution in [0.3, 0.4) is 0 Å². The lowest BCUT2D eigenvalue weighted by atomic mass is 10.1. The van der Waals surface area contributed by atoms with Crippen molar-refractivity contribution in [3.8, 4) is 0 Å². The van der Waals surface area contributed by atoms with Gasteiger partial charge in [-0.05, 0) is 48.0 Å². The maximum atomic E-state index is 12.6. The lowest BCUT2D eigenvalue weighted by Crippen LogP contribution is -2.23. The smallest absolute Gasteiger partial charge is 0.255 e. The summed E-state index contributed by atoms with van der Waals surface area (Å²) in [5.41, 5.74) is 3.37. The van der Waals surface area contributed by atoms with Crippen LogP contribution in [0, 0.1) is 0 Å². The number of aromatic amines is 1. The number of nitrogens with zero attached hydrogens (tertiary/aromatic N) is 3. The van der Waals surface area contributed by atoms with E-state index in [9.17, 15) is 9.59 Å². The number of amides is 2. The van der Waals surface area contributed by atoms with Crippen LogP contribution in [0.5, 0.6) is 0 Å². The molecule has 3 N–H and O–H groups in total. The summed E-state index contributed by atoms with van der Waals surface area (Å²) in [5, 5.41) is 13.0. The van der Waals surface area contributed by atoms with Gasteiger partial charge in [0.05, 0.1) is 12.2 Å². The Bertz CT molecular complexity index is 1180. The van der Waals surface area contributed by atoms with Gasteiger partial charge in [-0.25, -0.2) is 4.98 Å². The van der Waals surface area contributed by atoms with Gasteiger partial charge in [-0.3, -0.25) is 19.7 Å². The van der Waals surface area contributed by atoms with Crippen LogP contribution in [0.1, 0.15) is 32.0 Å². The maximum Gasteiger partial charge on any atom is 0.255 e. The Morgan fingerprint density at radius 3 is 2.53 bits per heavy atom. The van der Waals surface area contributed by atoms with Gasteiger partial charge in [0.25, 0.3) is 11.8 Å². The van der Waals surface area contributed by atoms with Gasteiger partial charge >= 0.3 is 0 Å². The van der Waals surface area contributed by atoms with E-state index in [0.717, 1.165) is 16.4 Å². The van der Waals surface area contributed by atoms with Crippen molar-refractivity contribution in [2.24, 2.45) is 0 Å². The molecular weight excluding hydrogens is 424 g/mol. The average molecular weight is 445 g/mol. The summed E-state index contributed by atoms with van der Waals surface area (Å²) in [6.07, 6.45) is 3.15. The average Bonchev–Trinajstić information content (AvgIpc) is 3.36. The molecule has 4 aromatic rings. The van der Waals surface area contributed by atoms with E-state index in [0.29, 0.717) is 29.1 Å². The minimum Gasteiger partial charge on any atom is -0.346 e. The Morgan fingerprint density at radius 1 is 0.906 bits per heavy atom. The van der Waals surface area contributed by atoms with E-state index < -0.39 is 0 Å². The summed E-state index contributed by atoms with van der Waals surface area (Å²) in [5.74, 6) is 0.234. The van der Waals surface area contributed by atoms with Crippen LogP contribution in [0.25, 0.3) is 0 Å². The lowest BCUT2D eigenvalue weighted by molar-refractivity contribution is 0.0949. The number of nitrogens with one attached hydrogen (secondary N) is 3. The van der Waals surface area contributed by atoms with E-state index in [4.69, 9.17) is 0 Å². The van der Waals surface area contributed by atoms with Crippen LogP contribution < -0.4 is 10.6 Å². The van der Waals surface area contributed by atoms with Crippen molar-refractivity contribution in [2.45, 2.75) is 17.5 Å². The number of carbonyl (C=O) groups excluding carboxylic acids is 2. The molecule has 4 rings (SSSR count). The Kier molecular flexibility index (Phi) is 6.88. The van der Waals surface area contributed by atoms with Crippen LogP contribution in [-0.4, -0.2) is 32.0 Å². The molecule has 0 spiro atoms. The Morgan fingerprint density at radius 2 is 1.78 bits per heavy atom. The number of rotatable bonds is 8. The van der Waals surface area contributed by atoms with Crippen LogP contribution >= 0.6 is 11.8 Å². The highest BCUT2D eigenvalue weighted by Crippen LogP contribution is 2.19. The van der Waals surface area contributed by atoms with Crippen molar-refractivity contribution in [1.29, 1.82) is 0 Å². The van der Waals surface area contributed by atoms with Crippen LogP contribution in [0.2, 0.25) is 0 Å². The van der Waals surface area contributed by atoms with Crippen molar-refractivity contribution in [3.05, 3.63) is 102 Å². The van der Waals surface area contributed by atoms with Crippen molar-refractivity contribution in [2.75, 3.05) is 5.32 Å². The fourth-order valence-corrected chi connectivity index (χ4v) is 3.62. The molecule has 2 heterocycles. The Hall–Kier alpha value is -3.98. The van der Waals surface area contributed by atoms with Gasteiger partial charge in [0.15, 0.2) is 5.16 Å². The fourth-order valence-electron chi connectivity index (χ4n) is 2.88. The van der Waals surface area contributed by atoms with Gasteiger partial charge in [0.1, 0.15) is 6.33 Å². The van der Waals surface area contributed by atoms with Gasteiger partial charge in [-0.15, -0.1) is 0 Å². The van der Waals surface area contributed by atoms with Crippen molar-refractivity contribution < 1.29 is 9.59 Å². The van der Waals surface area contributed by atoms with E-state index in [2.05, 4.69) is 30.8 Å². The van der Waals surface area contributed by atoms with E-state index in [1.54, 1.807) is 42.6 Å². The first-order chi connectivity index (χ1) is 15.7. The second-order valence-electron chi connectivity index (χ2n) is 6.81. The van der Waals surface area contributed by atoms with Crippen LogP contribution in [0.4, 0.5) is 5.69 Å². The third kappa shape index (κ3) is 5.79. The minimum atomic E-state index is -0.245. The maximum absolute atomic E-state index is 12.6. The summed E-state index contributed by atoms with van der Waals surface area (Å²) < 4.78 is 0. The molecule has 160 valence electrons. The summed E-state index contributed by atoms with van der Waals surface area (Å²) in [6.45, 7) is 0.331. The van der Waals surface area contributed by atoms with Crippen molar-refractivity contribution >= 4 is 29.3 Å². The number of anilines is 1. The lowest BCUT2D eigenvalue weighted by Gasteiger charge is -2.09. The van der Waals surface area contributed by atoms with Crippen molar-refractivity contribution in [1.82, 2.24) is 25.5 Å². The normalized spacial score (nSPS) is 10.5. The van der Waals surface area contributed by atoms with Gasteiger partial charge in [-0.1, -0.05) is 36.0 Å². The number of hydrogen-bond donors (Lipinski definition) is 3. The molecule has 0 bridgehead atoms. The predicted molar refractivity (Wildman–Crippen MR) is 122 cm³/mol. The first kappa shape index (κ1) is 21.3. The number of pyridine rings is 1. The van der Waals surface area contributed by atoms with Crippen LogP contribution in [0.15, 0.2) is 84.4 Å². The van der Waals surface area contributed by atoms with E-state index in [1.165, 1.54) is 18.1 Å². The molecular formula is C23H20N6O2S. The molecule has 0 atom stereocenters. The molecule has 0 aliphatic rings. The quantitative estimate of drug-likeness (QED) is 0.358. The first-order valence-corrected chi connectivity index (χ1v) is 10.8. The third-order valence-electron chi connectivity index (χ3n) is 4.52. The Labute approximate surface area is 188 Å². The predicted octanol–water partition coefficient (Wildman–Crippen LogP) is 3.67. The molecule has 0 unspecified atom stereocenters. The summed E-state index contributed by atoms with van der Waals surface area (Å²) >= 11 is 1.53. The Balaban J connectivity index is 1.33. The summed E-state index contributed by atoms with van der Waals surface area (Å²) in [6, 6.07) is 19.7. The SMILES string of the molecule is O=C(NCc1ccccn1)c1cccc(NC(=O)c2ccc(CSc3ncn[nH]3)cc2)c1. The molecule has 0 saturated heterocycles. The minimum absolute atomic E-state index is 0.236. The first-order valence-electron chi connectivity index (χ1n) is 9.84. The van der Waals surface area contributed by atoms with Gasteiger partial charge in [0, 0.05) is 28.8 Å². The number of H-pyrrole nitrogens is 1. The zero-order chi connectivity index (χ0) is 22.2. The summed E-state index contributed by atoms with van der Waals surface area (Å²) in [7, 11) is 0. The van der Waals surface area contributed by atoms with E-state index in [1.807, 2.05) is 30.3 Å². The number of aromatic nitrogens is 4. The molecule has 9 heteroatoms. The summed E-state index contributed by atoms with van der Waals surface area (Å²) in [4.78, 5) is 33.3. The highest BCUT2D eigenvalue weighted by atomic mass is 32.2. The molecule has 0 radical (unpaired) electrons. The molecule has 0 aliphatic heterocycles. The zero-order valence-electron chi connectivity index (χ0n) is 17.0. The highest BCUT2D eigenvalue weighted by molar-refractivity contribution is 7.98. The molecule has 2 aromatic heterocycles. The molecule has 2 amide bonds. The topological polar surface area (TPSA) is 113 Å². The van der Waals surface area contributed by atoms with E-state index in [-0.39, 0.29) is 11.8 Å². The van der Waals surface area contributed by atoms with E-state index >= 15 is 0 Å². The number of hydrogen-bond acceptors (Lipinski definition) is 6. The standard InChI is InChI=1S/C23H20N6O2S/c30-21(25-13-20-5-1-2-11-24-20)18-4-3-6-19(12-18)28-22(31)17-9-7-16(8-10-17)14-32-23-26-15-27-29-23/h1-12,15H,13-14H2,(H,25,30)(H,28,31)(H,26,27,29). The van der Waals surface area contributed by atoms with Gasteiger partial charge in [-0.2, -0.15) is 5.10 Å². The molecule has 2 aromatic carbocycles. The zero-order valence-corrected chi connectivity index (χ0v) is 17.8. The second kappa shape index (κ2) is 10.4. The molecule has 0 aliphatic carbocycles. The molecule has 8 nitrogen and oxygen atoms in total. The monoisotopic (exact) mass is 444 g/mol. The number of carbonyl (C=O) groups is 2. The largest absolute Gasteiger partial charge is 0.346 e.